The van der Waals surface area contributed by atoms with Crippen molar-refractivity contribution >= 4 is 5.97 Å². The van der Waals surface area contributed by atoms with Crippen LogP contribution in [-0.2, 0) is 4.79 Å². The van der Waals surface area contributed by atoms with Gasteiger partial charge in [0.2, 0.25) is 0 Å². The zero-order valence-corrected chi connectivity index (χ0v) is 11.7. The fourth-order valence-electron chi connectivity index (χ4n) is 2.07. The van der Waals surface area contributed by atoms with Crippen LogP contribution in [0.2, 0.25) is 0 Å². The first-order chi connectivity index (χ1) is 10.1. The molecule has 1 unspecified atom stereocenters. The molecular formula is C16H17NO4. The zero-order chi connectivity index (χ0) is 15.2. The molecule has 2 rings (SSSR count). The molecule has 110 valence electrons. The normalized spacial score (nSPS) is 11.9. The van der Waals surface area contributed by atoms with Crippen LogP contribution in [-0.4, -0.2) is 22.2 Å². The molecule has 1 heterocycles. The van der Waals surface area contributed by atoms with Gasteiger partial charge in [0.1, 0.15) is 0 Å². The minimum Gasteiger partial charge on any atom is -0.488 e. The van der Waals surface area contributed by atoms with Crippen molar-refractivity contribution in [1.82, 2.24) is 4.57 Å². The molecule has 1 atom stereocenters. The van der Waals surface area contributed by atoms with Crippen molar-refractivity contribution in [3.05, 3.63) is 64.6 Å². The summed E-state index contributed by atoms with van der Waals surface area (Å²) in [6.07, 6.45) is 2.24. The lowest BCUT2D eigenvalue weighted by Gasteiger charge is -2.17. The molecule has 5 heteroatoms. The highest BCUT2D eigenvalue weighted by molar-refractivity contribution is 5.76. The van der Waals surface area contributed by atoms with Crippen LogP contribution >= 0.6 is 0 Å². The van der Waals surface area contributed by atoms with E-state index in [1.165, 1.54) is 10.8 Å². The van der Waals surface area contributed by atoms with E-state index in [-0.39, 0.29) is 5.75 Å². The highest BCUT2D eigenvalue weighted by atomic mass is 16.5. The van der Waals surface area contributed by atoms with Crippen LogP contribution in [0.3, 0.4) is 0 Å². The molecule has 0 aliphatic carbocycles. The largest absolute Gasteiger partial charge is 0.488 e. The number of ether oxygens (including phenoxy) is 1. The van der Waals surface area contributed by atoms with Crippen molar-refractivity contribution < 1.29 is 14.6 Å². The Morgan fingerprint density at radius 1 is 1.24 bits per heavy atom. The molecule has 0 amide bonds. The maximum Gasteiger partial charge on any atom is 0.331 e. The van der Waals surface area contributed by atoms with Gasteiger partial charge in [-0.25, -0.2) is 4.79 Å². The van der Waals surface area contributed by atoms with Crippen LogP contribution < -0.4 is 10.3 Å². The second-order valence-corrected chi connectivity index (χ2v) is 4.58. The standard InChI is InChI=1S/C16H17NO4/c1-2-11-21-13-9-6-10-17(15(13)18)14(16(19)20)12-7-4-3-5-8-12/h3-10,14H,2,11H2,1H3,(H,19,20). The summed E-state index contributed by atoms with van der Waals surface area (Å²) < 4.78 is 6.55. The Morgan fingerprint density at radius 3 is 2.57 bits per heavy atom. The third-order valence-electron chi connectivity index (χ3n) is 3.03. The first-order valence-electron chi connectivity index (χ1n) is 6.77. The van der Waals surface area contributed by atoms with Crippen LogP contribution in [0, 0.1) is 0 Å². The third-order valence-corrected chi connectivity index (χ3v) is 3.03. The number of rotatable bonds is 6. The molecule has 0 fully saturated rings. The summed E-state index contributed by atoms with van der Waals surface area (Å²) in [6.45, 7) is 2.35. The highest BCUT2D eigenvalue weighted by Gasteiger charge is 2.23. The molecule has 0 saturated heterocycles. The maximum atomic E-state index is 12.4. The highest BCUT2D eigenvalue weighted by Crippen LogP contribution is 2.18. The Kier molecular flexibility index (Phi) is 4.77. The van der Waals surface area contributed by atoms with Crippen molar-refractivity contribution in [3.63, 3.8) is 0 Å². The number of hydrogen-bond acceptors (Lipinski definition) is 3. The average Bonchev–Trinajstić information content (AvgIpc) is 2.49. The SMILES string of the molecule is CCCOc1cccn(C(C(=O)O)c2ccccc2)c1=O. The minimum atomic E-state index is -1.09. The van der Waals surface area contributed by atoms with Crippen LogP contribution in [0.4, 0.5) is 0 Å². The molecule has 1 N–H and O–H groups in total. The summed E-state index contributed by atoms with van der Waals surface area (Å²) in [6, 6.07) is 10.8. The quantitative estimate of drug-likeness (QED) is 0.885. The summed E-state index contributed by atoms with van der Waals surface area (Å²) in [4.78, 5) is 23.9. The van der Waals surface area contributed by atoms with Gasteiger partial charge < -0.3 is 9.84 Å². The van der Waals surface area contributed by atoms with E-state index >= 15 is 0 Å². The number of benzene rings is 1. The van der Waals surface area contributed by atoms with E-state index in [0.29, 0.717) is 12.2 Å². The summed E-state index contributed by atoms with van der Waals surface area (Å²) in [7, 11) is 0. The molecule has 1 aromatic heterocycles. The molecule has 0 aliphatic heterocycles. The minimum absolute atomic E-state index is 0.168. The number of aliphatic carboxylic acids is 1. The van der Waals surface area contributed by atoms with Crippen LogP contribution in [0.1, 0.15) is 24.9 Å². The van der Waals surface area contributed by atoms with Crippen molar-refractivity contribution in [2.45, 2.75) is 19.4 Å². The van der Waals surface area contributed by atoms with Crippen molar-refractivity contribution in [2.24, 2.45) is 0 Å². The van der Waals surface area contributed by atoms with Crippen molar-refractivity contribution in [2.75, 3.05) is 6.61 Å². The lowest BCUT2D eigenvalue weighted by molar-refractivity contribution is -0.139. The van der Waals surface area contributed by atoms with E-state index < -0.39 is 17.6 Å². The monoisotopic (exact) mass is 287 g/mol. The smallest absolute Gasteiger partial charge is 0.331 e. The first-order valence-corrected chi connectivity index (χ1v) is 6.77. The Bertz CT molecular complexity index is 663. The van der Waals surface area contributed by atoms with E-state index in [0.717, 1.165) is 6.42 Å². The van der Waals surface area contributed by atoms with Crippen molar-refractivity contribution in [3.8, 4) is 5.75 Å². The predicted octanol–water partition coefficient (Wildman–Crippen LogP) is 2.31. The van der Waals surface area contributed by atoms with Gasteiger partial charge in [-0.3, -0.25) is 9.36 Å². The fourth-order valence-corrected chi connectivity index (χ4v) is 2.07. The van der Waals surface area contributed by atoms with E-state index in [9.17, 15) is 14.7 Å². The zero-order valence-electron chi connectivity index (χ0n) is 11.7. The molecule has 0 saturated carbocycles. The molecule has 0 radical (unpaired) electrons. The lowest BCUT2D eigenvalue weighted by Crippen LogP contribution is -2.31. The van der Waals surface area contributed by atoms with Crippen LogP contribution in [0.5, 0.6) is 5.75 Å². The number of carboxylic acids is 1. The topological polar surface area (TPSA) is 68.5 Å². The lowest BCUT2D eigenvalue weighted by atomic mass is 10.1. The van der Waals surface area contributed by atoms with Gasteiger partial charge in [0.05, 0.1) is 6.61 Å². The summed E-state index contributed by atoms with van der Waals surface area (Å²) >= 11 is 0. The van der Waals surface area contributed by atoms with Gasteiger partial charge >= 0.3 is 5.97 Å². The molecule has 0 spiro atoms. The molecule has 1 aromatic carbocycles. The van der Waals surface area contributed by atoms with Gasteiger partial charge in [-0.05, 0) is 24.1 Å². The first kappa shape index (κ1) is 14.8. The van der Waals surface area contributed by atoms with E-state index in [2.05, 4.69) is 0 Å². The Morgan fingerprint density at radius 2 is 1.95 bits per heavy atom. The van der Waals surface area contributed by atoms with Crippen LogP contribution in [0.25, 0.3) is 0 Å². The average molecular weight is 287 g/mol. The van der Waals surface area contributed by atoms with Gasteiger partial charge in [-0.15, -0.1) is 0 Å². The number of carbonyl (C=O) groups is 1. The van der Waals surface area contributed by atoms with Gasteiger partial charge in [0.25, 0.3) is 5.56 Å². The number of aromatic nitrogens is 1. The maximum absolute atomic E-state index is 12.4. The van der Waals surface area contributed by atoms with Gasteiger partial charge in [-0.2, -0.15) is 0 Å². The predicted molar refractivity (Wildman–Crippen MR) is 78.7 cm³/mol. The van der Waals surface area contributed by atoms with E-state index in [1.807, 2.05) is 6.92 Å². The number of pyridine rings is 1. The summed E-state index contributed by atoms with van der Waals surface area (Å²) in [5.41, 5.74) is 0.0990. The molecule has 5 nitrogen and oxygen atoms in total. The van der Waals surface area contributed by atoms with Crippen LogP contribution in [0.15, 0.2) is 53.5 Å². The molecular weight excluding hydrogens is 270 g/mol. The third kappa shape index (κ3) is 3.31. The van der Waals surface area contributed by atoms with Gasteiger partial charge in [0, 0.05) is 6.20 Å². The van der Waals surface area contributed by atoms with Gasteiger partial charge in [0.15, 0.2) is 11.8 Å². The molecule has 0 aliphatic rings. The van der Waals surface area contributed by atoms with Gasteiger partial charge in [-0.1, -0.05) is 37.3 Å². The Balaban J connectivity index is 2.47. The molecule has 2 aromatic rings. The van der Waals surface area contributed by atoms with E-state index in [1.54, 1.807) is 42.5 Å². The fraction of sp³-hybridized carbons (Fsp3) is 0.250. The molecule has 0 bridgehead atoms. The number of nitrogens with zero attached hydrogens (tertiary/aromatic N) is 1. The van der Waals surface area contributed by atoms with E-state index in [4.69, 9.17) is 4.74 Å². The Labute approximate surface area is 122 Å². The summed E-state index contributed by atoms with van der Waals surface area (Å²) in [5.74, 6) is -0.919. The van der Waals surface area contributed by atoms with Crippen molar-refractivity contribution in [1.29, 1.82) is 0 Å². The second-order valence-electron chi connectivity index (χ2n) is 4.58. The second kappa shape index (κ2) is 6.74. The Hall–Kier alpha value is -2.56. The number of hydrogen-bond donors (Lipinski definition) is 1. The molecule has 21 heavy (non-hydrogen) atoms. The number of carboxylic acid groups (broad SMARTS) is 1. The summed E-state index contributed by atoms with van der Waals surface area (Å²) in [5, 5.41) is 9.47.